The summed E-state index contributed by atoms with van der Waals surface area (Å²) in [5.74, 6) is -0.309. The second-order valence-corrected chi connectivity index (χ2v) is 5.39. The van der Waals surface area contributed by atoms with Crippen LogP contribution in [0, 0.1) is 5.82 Å². The van der Waals surface area contributed by atoms with Crippen molar-refractivity contribution in [2.45, 2.75) is 39.2 Å². The molecular weight excluding hydrogens is 243 g/mol. The van der Waals surface area contributed by atoms with Crippen LogP contribution < -0.4 is 5.73 Å². The van der Waals surface area contributed by atoms with Crippen LogP contribution in [0.5, 0.6) is 0 Å². The molecule has 0 unspecified atom stereocenters. The number of benzene rings is 1. The smallest absolute Gasteiger partial charge is 0.242 e. The Morgan fingerprint density at radius 1 is 1.37 bits per heavy atom. The summed E-state index contributed by atoms with van der Waals surface area (Å²) in [6.45, 7) is 6.68. The molecule has 0 radical (unpaired) electrons. The largest absolute Gasteiger partial charge is 0.341 e. The van der Waals surface area contributed by atoms with E-state index in [1.807, 2.05) is 13.0 Å². The maximum atomic E-state index is 13.1. The van der Waals surface area contributed by atoms with Gasteiger partial charge in [-0.3, -0.25) is 4.79 Å². The van der Waals surface area contributed by atoms with Gasteiger partial charge in [0, 0.05) is 13.1 Å². The van der Waals surface area contributed by atoms with E-state index in [1.165, 1.54) is 12.1 Å². The summed E-state index contributed by atoms with van der Waals surface area (Å²) in [6, 6.07) is 6.47. The molecule has 0 heterocycles. The molecule has 1 amide bonds. The summed E-state index contributed by atoms with van der Waals surface area (Å²) < 4.78 is 13.1. The molecule has 0 saturated heterocycles. The van der Waals surface area contributed by atoms with Crippen molar-refractivity contribution in [3.63, 3.8) is 0 Å². The fraction of sp³-hybridized carbons (Fsp3) is 0.533. The number of rotatable bonds is 6. The maximum absolute atomic E-state index is 13.1. The van der Waals surface area contributed by atoms with E-state index in [1.54, 1.807) is 24.8 Å². The van der Waals surface area contributed by atoms with Crippen molar-refractivity contribution in [3.8, 4) is 0 Å². The first kappa shape index (κ1) is 15.6. The lowest BCUT2D eigenvalue weighted by atomic mass is 10.0. The number of nitrogens with zero attached hydrogens (tertiary/aromatic N) is 1. The highest BCUT2D eigenvalue weighted by Crippen LogP contribution is 2.09. The predicted octanol–water partition coefficient (Wildman–Crippen LogP) is 2.34. The lowest BCUT2D eigenvalue weighted by molar-refractivity contribution is -0.135. The number of amides is 1. The standard InChI is InChI=1S/C15H23FN2O/c1-4-9-18(14(19)15(2,3)17)10-8-12-6-5-7-13(16)11-12/h5-7,11H,4,8-10,17H2,1-3H3. The van der Waals surface area contributed by atoms with Gasteiger partial charge in [-0.15, -0.1) is 0 Å². The molecular formula is C15H23FN2O. The van der Waals surface area contributed by atoms with Crippen molar-refractivity contribution in [2.24, 2.45) is 5.73 Å². The molecule has 3 nitrogen and oxygen atoms in total. The number of hydrogen-bond donors (Lipinski definition) is 1. The van der Waals surface area contributed by atoms with Crippen molar-refractivity contribution in [3.05, 3.63) is 35.6 Å². The molecule has 1 aromatic carbocycles. The van der Waals surface area contributed by atoms with Crippen molar-refractivity contribution in [2.75, 3.05) is 13.1 Å². The third kappa shape index (κ3) is 4.99. The predicted molar refractivity (Wildman–Crippen MR) is 75.2 cm³/mol. The topological polar surface area (TPSA) is 46.3 Å². The van der Waals surface area contributed by atoms with Crippen LogP contribution in [0.2, 0.25) is 0 Å². The summed E-state index contributed by atoms with van der Waals surface area (Å²) in [6.07, 6.45) is 1.52. The van der Waals surface area contributed by atoms with Crippen LogP contribution in [-0.4, -0.2) is 29.4 Å². The number of nitrogens with two attached hydrogens (primary N) is 1. The van der Waals surface area contributed by atoms with Crippen LogP contribution in [0.25, 0.3) is 0 Å². The van der Waals surface area contributed by atoms with Gasteiger partial charge in [-0.1, -0.05) is 19.1 Å². The fourth-order valence-electron chi connectivity index (χ4n) is 1.95. The Labute approximate surface area is 114 Å². The average Bonchev–Trinajstić information content (AvgIpc) is 2.32. The summed E-state index contributed by atoms with van der Waals surface area (Å²) in [5.41, 5.74) is 5.88. The molecule has 0 atom stereocenters. The number of halogens is 1. The Bertz CT molecular complexity index is 426. The van der Waals surface area contributed by atoms with Gasteiger partial charge in [-0.05, 0) is 44.4 Å². The summed E-state index contributed by atoms with van der Waals surface area (Å²) in [4.78, 5) is 13.9. The minimum atomic E-state index is -0.864. The molecule has 0 aromatic heterocycles. The SMILES string of the molecule is CCCN(CCc1cccc(F)c1)C(=O)C(C)(C)N. The number of hydrogen-bond acceptors (Lipinski definition) is 2. The van der Waals surface area contributed by atoms with Gasteiger partial charge in [0.1, 0.15) is 5.82 Å². The molecule has 2 N–H and O–H groups in total. The molecule has 0 aliphatic heterocycles. The molecule has 0 spiro atoms. The molecule has 19 heavy (non-hydrogen) atoms. The third-order valence-electron chi connectivity index (χ3n) is 2.89. The van der Waals surface area contributed by atoms with Gasteiger partial charge < -0.3 is 10.6 Å². The van der Waals surface area contributed by atoms with E-state index in [9.17, 15) is 9.18 Å². The second kappa shape index (κ2) is 6.66. The molecule has 0 saturated carbocycles. The van der Waals surface area contributed by atoms with E-state index in [0.29, 0.717) is 19.5 Å². The average molecular weight is 266 g/mol. The zero-order chi connectivity index (χ0) is 14.5. The summed E-state index contributed by atoms with van der Waals surface area (Å²) in [7, 11) is 0. The Morgan fingerprint density at radius 2 is 2.05 bits per heavy atom. The van der Waals surface area contributed by atoms with Gasteiger partial charge in [0.25, 0.3) is 0 Å². The Balaban J connectivity index is 2.67. The van der Waals surface area contributed by atoms with E-state index in [2.05, 4.69) is 0 Å². The van der Waals surface area contributed by atoms with Crippen molar-refractivity contribution < 1.29 is 9.18 Å². The molecule has 0 aliphatic carbocycles. The minimum absolute atomic E-state index is 0.0641. The van der Waals surface area contributed by atoms with Gasteiger partial charge in [0.15, 0.2) is 0 Å². The molecule has 0 bridgehead atoms. The third-order valence-corrected chi connectivity index (χ3v) is 2.89. The summed E-state index contributed by atoms with van der Waals surface area (Å²) in [5, 5.41) is 0. The van der Waals surface area contributed by atoms with E-state index >= 15 is 0 Å². The monoisotopic (exact) mass is 266 g/mol. The second-order valence-electron chi connectivity index (χ2n) is 5.39. The van der Waals surface area contributed by atoms with Crippen LogP contribution in [0.1, 0.15) is 32.8 Å². The normalized spacial score (nSPS) is 11.4. The molecule has 0 aliphatic rings. The Hall–Kier alpha value is -1.42. The van der Waals surface area contributed by atoms with Gasteiger partial charge in [-0.2, -0.15) is 0 Å². The van der Waals surface area contributed by atoms with Crippen LogP contribution in [0.15, 0.2) is 24.3 Å². The van der Waals surface area contributed by atoms with E-state index < -0.39 is 5.54 Å². The van der Waals surface area contributed by atoms with Gasteiger partial charge in [0.05, 0.1) is 5.54 Å². The van der Waals surface area contributed by atoms with Crippen molar-refractivity contribution in [1.29, 1.82) is 0 Å². The first-order valence-corrected chi connectivity index (χ1v) is 6.67. The highest BCUT2D eigenvalue weighted by Gasteiger charge is 2.26. The van der Waals surface area contributed by atoms with E-state index in [4.69, 9.17) is 5.73 Å². The Morgan fingerprint density at radius 3 is 2.58 bits per heavy atom. The highest BCUT2D eigenvalue weighted by molar-refractivity contribution is 5.85. The first-order chi connectivity index (χ1) is 8.84. The van der Waals surface area contributed by atoms with Gasteiger partial charge in [-0.25, -0.2) is 4.39 Å². The van der Waals surface area contributed by atoms with Crippen LogP contribution in [0.4, 0.5) is 4.39 Å². The van der Waals surface area contributed by atoms with E-state index in [-0.39, 0.29) is 11.7 Å². The molecule has 1 rings (SSSR count). The lowest BCUT2D eigenvalue weighted by Gasteiger charge is -2.29. The van der Waals surface area contributed by atoms with Crippen LogP contribution >= 0.6 is 0 Å². The van der Waals surface area contributed by atoms with E-state index in [0.717, 1.165) is 12.0 Å². The number of carbonyl (C=O) groups excluding carboxylic acids is 1. The van der Waals surface area contributed by atoms with Crippen molar-refractivity contribution >= 4 is 5.91 Å². The van der Waals surface area contributed by atoms with Gasteiger partial charge >= 0.3 is 0 Å². The minimum Gasteiger partial charge on any atom is -0.341 e. The van der Waals surface area contributed by atoms with Crippen LogP contribution in [-0.2, 0) is 11.2 Å². The quantitative estimate of drug-likeness (QED) is 0.859. The zero-order valence-corrected chi connectivity index (χ0v) is 11.9. The lowest BCUT2D eigenvalue weighted by Crippen LogP contribution is -2.51. The van der Waals surface area contributed by atoms with Crippen molar-refractivity contribution in [1.82, 2.24) is 4.90 Å². The molecule has 106 valence electrons. The van der Waals surface area contributed by atoms with Gasteiger partial charge in [0.2, 0.25) is 5.91 Å². The highest BCUT2D eigenvalue weighted by atomic mass is 19.1. The maximum Gasteiger partial charge on any atom is 0.242 e. The zero-order valence-electron chi connectivity index (χ0n) is 11.9. The number of carbonyl (C=O) groups is 1. The molecule has 4 heteroatoms. The summed E-state index contributed by atoms with van der Waals surface area (Å²) >= 11 is 0. The molecule has 1 aromatic rings. The fourth-order valence-corrected chi connectivity index (χ4v) is 1.95. The first-order valence-electron chi connectivity index (χ1n) is 6.67. The molecule has 0 fully saturated rings. The Kier molecular flexibility index (Phi) is 5.48. The van der Waals surface area contributed by atoms with Crippen LogP contribution in [0.3, 0.4) is 0 Å².